The van der Waals surface area contributed by atoms with Gasteiger partial charge in [-0.2, -0.15) is 0 Å². The molecule has 0 unspecified atom stereocenters. The van der Waals surface area contributed by atoms with Gasteiger partial charge in [-0.1, -0.05) is 33.1 Å². The van der Waals surface area contributed by atoms with E-state index in [2.05, 4.69) is 24.2 Å². The predicted octanol–water partition coefficient (Wildman–Crippen LogP) is 2.65. The number of guanidine groups is 1. The molecule has 3 N–H and O–H groups in total. The molecule has 1 saturated heterocycles. The highest BCUT2D eigenvalue weighted by Crippen LogP contribution is 2.30. The van der Waals surface area contributed by atoms with Crippen molar-refractivity contribution in [2.45, 2.75) is 71.3 Å². The van der Waals surface area contributed by atoms with Gasteiger partial charge in [0.25, 0.3) is 0 Å². The highest BCUT2D eigenvalue weighted by atomic mass is 15.4. The molecule has 19 heavy (non-hydrogen) atoms. The fourth-order valence-corrected chi connectivity index (χ4v) is 3.23. The van der Waals surface area contributed by atoms with Crippen LogP contribution in [0.15, 0.2) is 4.99 Å². The van der Waals surface area contributed by atoms with Gasteiger partial charge in [-0.05, 0) is 37.5 Å². The zero-order valence-electron chi connectivity index (χ0n) is 12.6. The minimum Gasteiger partial charge on any atom is -0.342 e. The van der Waals surface area contributed by atoms with E-state index in [1.54, 1.807) is 0 Å². The third kappa shape index (κ3) is 4.37. The molecule has 110 valence electrons. The molecule has 1 saturated carbocycles. The second kappa shape index (κ2) is 6.60. The van der Waals surface area contributed by atoms with Gasteiger partial charge in [0.1, 0.15) is 0 Å². The van der Waals surface area contributed by atoms with Gasteiger partial charge in [0.2, 0.25) is 5.96 Å². The molecule has 0 atom stereocenters. The van der Waals surface area contributed by atoms with Crippen LogP contribution in [-0.2, 0) is 0 Å². The molecule has 2 rings (SSSR count). The Morgan fingerprint density at radius 3 is 2.53 bits per heavy atom. The van der Waals surface area contributed by atoms with Crippen LogP contribution in [0.2, 0.25) is 0 Å². The number of hydrogen-bond donors (Lipinski definition) is 2. The first-order valence-electron chi connectivity index (χ1n) is 7.90. The average molecular weight is 266 g/mol. The van der Waals surface area contributed by atoms with Crippen molar-refractivity contribution in [3.8, 4) is 0 Å². The highest BCUT2D eigenvalue weighted by molar-refractivity contribution is 5.79. The maximum atomic E-state index is 5.72. The molecule has 0 spiro atoms. The molecule has 1 aliphatic carbocycles. The van der Waals surface area contributed by atoms with E-state index in [-0.39, 0.29) is 0 Å². The van der Waals surface area contributed by atoms with Crippen molar-refractivity contribution in [2.75, 3.05) is 13.1 Å². The number of nitrogens with zero attached hydrogens (tertiary/aromatic N) is 2. The van der Waals surface area contributed by atoms with E-state index in [0.29, 0.717) is 11.5 Å². The summed E-state index contributed by atoms with van der Waals surface area (Å²) in [5, 5.41) is 0. The lowest BCUT2D eigenvalue weighted by Gasteiger charge is -2.27. The highest BCUT2D eigenvalue weighted by Gasteiger charge is 2.25. The van der Waals surface area contributed by atoms with Crippen LogP contribution in [0.4, 0.5) is 0 Å². The molecule has 2 aliphatic rings. The molecule has 0 amide bonds. The molecule has 0 aromatic heterocycles. The molecule has 1 aliphatic heterocycles. The first-order chi connectivity index (χ1) is 9.11. The summed E-state index contributed by atoms with van der Waals surface area (Å²) in [5.74, 6) is 6.64. The van der Waals surface area contributed by atoms with E-state index in [1.807, 2.05) is 0 Å². The summed E-state index contributed by atoms with van der Waals surface area (Å²) in [7, 11) is 0. The Labute approximate surface area is 117 Å². The molecule has 0 bridgehead atoms. The van der Waals surface area contributed by atoms with Gasteiger partial charge >= 0.3 is 0 Å². The molecule has 4 heteroatoms. The molecule has 0 aromatic carbocycles. The number of nitrogens with one attached hydrogen (secondary N) is 1. The van der Waals surface area contributed by atoms with E-state index in [9.17, 15) is 0 Å². The van der Waals surface area contributed by atoms with Crippen molar-refractivity contribution >= 4 is 5.96 Å². The van der Waals surface area contributed by atoms with E-state index in [1.165, 1.54) is 51.4 Å². The minimum absolute atomic E-state index is 0.458. The monoisotopic (exact) mass is 266 g/mol. The summed E-state index contributed by atoms with van der Waals surface area (Å²) in [5.41, 5.74) is 3.31. The molecule has 1 heterocycles. The predicted molar refractivity (Wildman–Crippen MR) is 80.8 cm³/mol. The number of hydrazine groups is 1. The Balaban J connectivity index is 1.98. The molecule has 0 radical (unpaired) electrons. The second-order valence-corrected chi connectivity index (χ2v) is 6.89. The lowest BCUT2D eigenvalue weighted by Crippen LogP contribution is -2.46. The Hall–Kier alpha value is -0.770. The SMILES string of the molecule is CC1(C)CCCN(C(=NC2CCCCC2)NN)CC1. The van der Waals surface area contributed by atoms with Crippen LogP contribution >= 0.6 is 0 Å². The minimum atomic E-state index is 0.458. The summed E-state index contributed by atoms with van der Waals surface area (Å²) in [6.07, 6.45) is 10.2. The smallest absolute Gasteiger partial charge is 0.208 e. The molecular weight excluding hydrogens is 236 g/mol. The number of likely N-dealkylation sites (tertiary alicyclic amines) is 1. The van der Waals surface area contributed by atoms with Crippen molar-refractivity contribution in [3.05, 3.63) is 0 Å². The van der Waals surface area contributed by atoms with Crippen molar-refractivity contribution in [1.82, 2.24) is 10.3 Å². The maximum absolute atomic E-state index is 5.72. The Morgan fingerprint density at radius 2 is 1.84 bits per heavy atom. The largest absolute Gasteiger partial charge is 0.342 e. The van der Waals surface area contributed by atoms with Crippen LogP contribution in [0.25, 0.3) is 0 Å². The van der Waals surface area contributed by atoms with Gasteiger partial charge < -0.3 is 4.90 Å². The standard InChI is InChI=1S/C15H30N4/c1-15(2)9-6-11-19(12-10-15)14(18-16)17-13-7-4-3-5-8-13/h13H,3-12,16H2,1-2H3,(H,17,18). The fourth-order valence-electron chi connectivity index (χ4n) is 3.23. The quantitative estimate of drug-likeness (QED) is 0.332. The van der Waals surface area contributed by atoms with Gasteiger partial charge in [-0.15, -0.1) is 0 Å². The van der Waals surface area contributed by atoms with Crippen LogP contribution < -0.4 is 11.3 Å². The molecular formula is C15H30N4. The summed E-state index contributed by atoms with van der Waals surface area (Å²) in [6, 6.07) is 0.482. The van der Waals surface area contributed by atoms with Gasteiger partial charge in [0.05, 0.1) is 6.04 Å². The third-order valence-corrected chi connectivity index (χ3v) is 4.65. The number of rotatable bonds is 1. The summed E-state index contributed by atoms with van der Waals surface area (Å²) < 4.78 is 0. The Morgan fingerprint density at radius 1 is 1.11 bits per heavy atom. The van der Waals surface area contributed by atoms with Crippen molar-refractivity contribution in [3.63, 3.8) is 0 Å². The van der Waals surface area contributed by atoms with Gasteiger partial charge in [-0.25, -0.2) is 10.8 Å². The summed E-state index contributed by atoms with van der Waals surface area (Å²) in [4.78, 5) is 7.22. The zero-order chi connectivity index (χ0) is 13.7. The first kappa shape index (κ1) is 14.6. The van der Waals surface area contributed by atoms with Gasteiger partial charge in [0, 0.05) is 13.1 Å². The van der Waals surface area contributed by atoms with Crippen LogP contribution in [0.5, 0.6) is 0 Å². The normalized spacial score (nSPS) is 26.1. The van der Waals surface area contributed by atoms with E-state index >= 15 is 0 Å². The van der Waals surface area contributed by atoms with E-state index in [4.69, 9.17) is 10.8 Å². The zero-order valence-corrected chi connectivity index (χ0v) is 12.6. The van der Waals surface area contributed by atoms with Crippen molar-refractivity contribution in [1.29, 1.82) is 0 Å². The van der Waals surface area contributed by atoms with Crippen LogP contribution in [0.3, 0.4) is 0 Å². The average Bonchev–Trinajstić information content (AvgIpc) is 2.58. The third-order valence-electron chi connectivity index (χ3n) is 4.65. The number of aliphatic imine (C=N–C) groups is 1. The maximum Gasteiger partial charge on any atom is 0.208 e. The molecule has 4 nitrogen and oxygen atoms in total. The summed E-state index contributed by atoms with van der Waals surface area (Å²) in [6.45, 7) is 6.89. The molecule has 0 aromatic rings. The van der Waals surface area contributed by atoms with Gasteiger partial charge in [-0.3, -0.25) is 5.43 Å². The topological polar surface area (TPSA) is 53.6 Å². The lowest BCUT2D eigenvalue weighted by atomic mass is 9.85. The Kier molecular flexibility index (Phi) is 5.08. The summed E-state index contributed by atoms with van der Waals surface area (Å²) >= 11 is 0. The van der Waals surface area contributed by atoms with Crippen LogP contribution in [0.1, 0.15) is 65.2 Å². The van der Waals surface area contributed by atoms with Crippen molar-refractivity contribution in [2.24, 2.45) is 16.3 Å². The number of hydrogen-bond acceptors (Lipinski definition) is 2. The van der Waals surface area contributed by atoms with E-state index in [0.717, 1.165) is 19.0 Å². The van der Waals surface area contributed by atoms with Gasteiger partial charge in [0.15, 0.2) is 0 Å². The number of nitrogens with two attached hydrogens (primary N) is 1. The second-order valence-electron chi connectivity index (χ2n) is 6.89. The van der Waals surface area contributed by atoms with E-state index < -0.39 is 0 Å². The van der Waals surface area contributed by atoms with Crippen LogP contribution in [-0.4, -0.2) is 30.0 Å². The fraction of sp³-hybridized carbons (Fsp3) is 0.933. The molecule has 2 fully saturated rings. The first-order valence-corrected chi connectivity index (χ1v) is 7.90. The van der Waals surface area contributed by atoms with Crippen molar-refractivity contribution < 1.29 is 0 Å². The Bertz CT molecular complexity index is 305. The van der Waals surface area contributed by atoms with Crippen LogP contribution in [0, 0.1) is 5.41 Å². The lowest BCUT2D eigenvalue weighted by molar-refractivity contribution is 0.311.